The van der Waals surface area contributed by atoms with Crippen LogP contribution >= 0.6 is 11.8 Å². The molecule has 0 aliphatic carbocycles. The Morgan fingerprint density at radius 3 is 2.76 bits per heavy atom. The molecule has 110 valence electrons. The maximum Gasteiger partial charge on any atom is 0.230 e. The van der Waals surface area contributed by atoms with Gasteiger partial charge in [0.25, 0.3) is 0 Å². The van der Waals surface area contributed by atoms with Gasteiger partial charge in [-0.05, 0) is 44.0 Å². The highest BCUT2D eigenvalue weighted by molar-refractivity contribution is 7.99. The molecule has 1 N–H and O–H groups in total. The monoisotopic (exact) mass is 300 g/mol. The minimum atomic E-state index is 0.0000723. The first kappa shape index (κ1) is 15.6. The second-order valence-corrected chi connectivity index (χ2v) is 6.13. The van der Waals surface area contributed by atoms with E-state index >= 15 is 0 Å². The molecular weight excluding hydrogens is 280 g/mol. The van der Waals surface area contributed by atoms with E-state index in [1.807, 2.05) is 6.07 Å². The molecule has 0 bridgehead atoms. The van der Waals surface area contributed by atoms with Crippen molar-refractivity contribution in [2.45, 2.75) is 25.8 Å². The van der Waals surface area contributed by atoms with Gasteiger partial charge in [-0.1, -0.05) is 29.5 Å². The summed E-state index contributed by atoms with van der Waals surface area (Å²) in [6, 6.07) is 6.35. The summed E-state index contributed by atoms with van der Waals surface area (Å²) >= 11 is 1.46. The zero-order valence-electron chi connectivity index (χ0n) is 12.7. The average Bonchev–Trinajstić information content (AvgIpc) is 2.44. The number of hydrogen-bond acceptors (Lipinski definition) is 3. The molecule has 0 radical (unpaired) electrons. The molecule has 0 aliphatic heterocycles. The van der Waals surface area contributed by atoms with Crippen molar-refractivity contribution in [3.63, 3.8) is 0 Å². The Labute approximate surface area is 129 Å². The molecule has 4 heteroatoms. The summed E-state index contributed by atoms with van der Waals surface area (Å²) in [7, 11) is 0. The standard InChI is InChI=1S/C17H20N2OS/c1-5-6-18-15(20)10-21-16-9-12(3)14-8-11(2)7-13(4)17(14)19-16/h5,7-9H,1,6,10H2,2-4H3,(H,18,20). The number of carbonyl (C=O) groups is 1. The number of benzene rings is 1. The highest BCUT2D eigenvalue weighted by Gasteiger charge is 2.08. The van der Waals surface area contributed by atoms with Crippen molar-refractivity contribution in [3.05, 3.63) is 47.5 Å². The van der Waals surface area contributed by atoms with Crippen LogP contribution in [0.1, 0.15) is 16.7 Å². The number of fused-ring (bicyclic) bond motifs is 1. The van der Waals surface area contributed by atoms with E-state index in [1.54, 1.807) is 6.08 Å². The van der Waals surface area contributed by atoms with Crippen molar-refractivity contribution in [2.75, 3.05) is 12.3 Å². The Hall–Kier alpha value is -1.81. The number of rotatable bonds is 5. The van der Waals surface area contributed by atoms with Gasteiger partial charge in [0, 0.05) is 11.9 Å². The van der Waals surface area contributed by atoms with Gasteiger partial charge in [0.15, 0.2) is 0 Å². The van der Waals surface area contributed by atoms with Crippen LogP contribution in [0.25, 0.3) is 10.9 Å². The van der Waals surface area contributed by atoms with Crippen molar-refractivity contribution in [2.24, 2.45) is 0 Å². The number of hydrogen-bond donors (Lipinski definition) is 1. The predicted molar refractivity (Wildman–Crippen MR) is 89.9 cm³/mol. The van der Waals surface area contributed by atoms with E-state index < -0.39 is 0 Å². The number of nitrogens with one attached hydrogen (secondary N) is 1. The van der Waals surface area contributed by atoms with Crippen LogP contribution in [-0.4, -0.2) is 23.2 Å². The third-order valence-corrected chi connectivity index (χ3v) is 4.14. The highest BCUT2D eigenvalue weighted by atomic mass is 32.2. The van der Waals surface area contributed by atoms with Gasteiger partial charge in [-0.2, -0.15) is 0 Å². The van der Waals surface area contributed by atoms with Crippen LogP contribution in [0.5, 0.6) is 0 Å². The van der Waals surface area contributed by atoms with Crippen LogP contribution < -0.4 is 5.32 Å². The fraction of sp³-hybridized carbons (Fsp3) is 0.294. The largest absolute Gasteiger partial charge is 0.352 e. The third-order valence-electron chi connectivity index (χ3n) is 3.23. The number of pyridine rings is 1. The highest BCUT2D eigenvalue weighted by Crippen LogP contribution is 2.26. The lowest BCUT2D eigenvalue weighted by molar-refractivity contribution is -0.118. The summed E-state index contributed by atoms with van der Waals surface area (Å²) in [6.45, 7) is 10.3. The third kappa shape index (κ3) is 3.85. The number of aromatic nitrogens is 1. The molecule has 1 aromatic carbocycles. The van der Waals surface area contributed by atoms with Crippen molar-refractivity contribution in [3.8, 4) is 0 Å². The molecule has 0 atom stereocenters. The Morgan fingerprint density at radius 1 is 1.29 bits per heavy atom. The number of carbonyl (C=O) groups excluding carboxylic acids is 1. The van der Waals surface area contributed by atoms with Gasteiger partial charge in [-0.15, -0.1) is 6.58 Å². The number of thioether (sulfide) groups is 1. The van der Waals surface area contributed by atoms with Gasteiger partial charge < -0.3 is 5.32 Å². The first-order valence-electron chi connectivity index (χ1n) is 6.90. The number of aryl methyl sites for hydroxylation is 3. The normalized spacial score (nSPS) is 10.6. The van der Waals surface area contributed by atoms with E-state index in [1.165, 1.54) is 33.8 Å². The SMILES string of the molecule is C=CCNC(=O)CSc1cc(C)c2cc(C)cc(C)c2n1. The molecule has 2 aromatic rings. The summed E-state index contributed by atoms with van der Waals surface area (Å²) in [6.07, 6.45) is 1.67. The molecule has 1 heterocycles. The fourth-order valence-electron chi connectivity index (χ4n) is 2.26. The van der Waals surface area contributed by atoms with Gasteiger partial charge in [0.2, 0.25) is 5.91 Å². The molecule has 0 unspecified atom stereocenters. The molecule has 0 saturated carbocycles. The molecular formula is C17H20N2OS. The first-order chi connectivity index (χ1) is 10.0. The molecule has 3 nitrogen and oxygen atoms in total. The van der Waals surface area contributed by atoms with Crippen LogP contribution in [0.3, 0.4) is 0 Å². The Balaban J connectivity index is 2.22. The van der Waals surface area contributed by atoms with E-state index in [0.717, 1.165) is 10.5 Å². The van der Waals surface area contributed by atoms with Crippen LogP contribution in [0.2, 0.25) is 0 Å². The second kappa shape index (κ2) is 6.76. The molecule has 0 saturated heterocycles. The van der Waals surface area contributed by atoms with E-state index in [9.17, 15) is 4.79 Å². The zero-order valence-corrected chi connectivity index (χ0v) is 13.5. The van der Waals surface area contributed by atoms with Gasteiger partial charge in [0.1, 0.15) is 0 Å². The van der Waals surface area contributed by atoms with Gasteiger partial charge in [-0.25, -0.2) is 4.98 Å². The lowest BCUT2D eigenvalue weighted by Crippen LogP contribution is -2.24. The summed E-state index contributed by atoms with van der Waals surface area (Å²) in [5.41, 5.74) is 4.64. The zero-order chi connectivity index (χ0) is 15.4. The second-order valence-electron chi connectivity index (χ2n) is 5.14. The summed E-state index contributed by atoms with van der Waals surface area (Å²) in [5.74, 6) is 0.372. The summed E-state index contributed by atoms with van der Waals surface area (Å²) in [5, 5.41) is 4.85. The molecule has 0 fully saturated rings. The van der Waals surface area contributed by atoms with E-state index in [2.05, 4.69) is 44.8 Å². The Kier molecular flexibility index (Phi) is 5.02. The van der Waals surface area contributed by atoms with E-state index in [0.29, 0.717) is 12.3 Å². The number of amides is 1. The fourth-order valence-corrected chi connectivity index (χ4v) is 3.06. The quantitative estimate of drug-likeness (QED) is 0.678. The van der Waals surface area contributed by atoms with Crippen molar-refractivity contribution in [1.82, 2.24) is 10.3 Å². The van der Waals surface area contributed by atoms with Crippen LogP contribution in [0.15, 0.2) is 35.9 Å². The lowest BCUT2D eigenvalue weighted by Gasteiger charge is -2.09. The average molecular weight is 300 g/mol. The van der Waals surface area contributed by atoms with Crippen LogP contribution in [0.4, 0.5) is 0 Å². The summed E-state index contributed by atoms with van der Waals surface area (Å²) in [4.78, 5) is 16.3. The van der Waals surface area contributed by atoms with Crippen molar-refractivity contribution < 1.29 is 4.79 Å². The molecule has 0 aliphatic rings. The molecule has 0 spiro atoms. The first-order valence-corrected chi connectivity index (χ1v) is 7.89. The van der Waals surface area contributed by atoms with Crippen LogP contribution in [-0.2, 0) is 4.79 Å². The topological polar surface area (TPSA) is 42.0 Å². The maximum atomic E-state index is 11.6. The molecule has 1 aromatic heterocycles. The minimum Gasteiger partial charge on any atom is -0.352 e. The van der Waals surface area contributed by atoms with Crippen molar-refractivity contribution >= 4 is 28.6 Å². The Bertz CT molecular complexity index is 695. The minimum absolute atomic E-state index is 0.0000723. The van der Waals surface area contributed by atoms with Gasteiger partial charge in [-0.3, -0.25) is 4.79 Å². The lowest BCUT2D eigenvalue weighted by atomic mass is 10.0. The molecule has 2 rings (SSSR count). The predicted octanol–water partition coefficient (Wildman–Crippen LogP) is 3.55. The molecule has 21 heavy (non-hydrogen) atoms. The van der Waals surface area contributed by atoms with Gasteiger partial charge in [0.05, 0.1) is 16.3 Å². The number of nitrogens with zero attached hydrogens (tertiary/aromatic N) is 1. The van der Waals surface area contributed by atoms with E-state index in [-0.39, 0.29) is 5.91 Å². The Morgan fingerprint density at radius 2 is 2.05 bits per heavy atom. The smallest absolute Gasteiger partial charge is 0.230 e. The van der Waals surface area contributed by atoms with Crippen molar-refractivity contribution in [1.29, 1.82) is 0 Å². The maximum absolute atomic E-state index is 11.6. The van der Waals surface area contributed by atoms with E-state index in [4.69, 9.17) is 4.98 Å². The van der Waals surface area contributed by atoms with Gasteiger partial charge >= 0.3 is 0 Å². The molecule has 1 amide bonds. The van der Waals surface area contributed by atoms with Crippen LogP contribution in [0, 0.1) is 20.8 Å². The summed E-state index contributed by atoms with van der Waals surface area (Å²) < 4.78 is 0.